The molecular weight excluding hydrogens is 316 g/mol. The van der Waals surface area contributed by atoms with E-state index in [1.165, 1.54) is 0 Å². The molecule has 25 heavy (non-hydrogen) atoms. The zero-order valence-electron chi connectivity index (χ0n) is 13.2. The number of benzene rings is 3. The Bertz CT molecular complexity index is 1010. The molecule has 0 amide bonds. The van der Waals surface area contributed by atoms with Gasteiger partial charge in [-0.3, -0.25) is 0 Å². The van der Waals surface area contributed by atoms with Gasteiger partial charge in [-0.2, -0.15) is 0 Å². The summed E-state index contributed by atoms with van der Waals surface area (Å²) in [6.45, 7) is 0. The van der Waals surface area contributed by atoms with Gasteiger partial charge in [-0.1, -0.05) is 18.2 Å². The van der Waals surface area contributed by atoms with E-state index in [0.29, 0.717) is 39.6 Å². The van der Waals surface area contributed by atoms with Crippen LogP contribution in [0.3, 0.4) is 0 Å². The molecule has 5 rings (SSSR count). The highest BCUT2D eigenvalue weighted by Crippen LogP contribution is 2.56. The Labute approximate surface area is 143 Å². The summed E-state index contributed by atoms with van der Waals surface area (Å²) in [6, 6.07) is 18.0. The van der Waals surface area contributed by atoms with Crippen molar-refractivity contribution in [2.75, 3.05) is 11.5 Å². The molecule has 2 aliphatic heterocycles. The molecule has 0 aliphatic carbocycles. The molecule has 3 aromatic carbocycles. The third-order valence-electron chi connectivity index (χ3n) is 4.76. The van der Waals surface area contributed by atoms with Crippen LogP contribution in [-0.2, 0) is 10.3 Å². The van der Waals surface area contributed by atoms with Crippen LogP contribution in [0, 0.1) is 0 Å². The van der Waals surface area contributed by atoms with E-state index >= 15 is 0 Å². The van der Waals surface area contributed by atoms with Crippen LogP contribution in [-0.4, -0.2) is 5.97 Å². The summed E-state index contributed by atoms with van der Waals surface area (Å²) < 4.78 is 12.0. The predicted octanol–water partition coefficient (Wildman–Crippen LogP) is 3.42. The van der Waals surface area contributed by atoms with Gasteiger partial charge in [0.15, 0.2) is 5.60 Å². The van der Waals surface area contributed by atoms with Crippen molar-refractivity contribution >= 4 is 17.3 Å². The first-order chi connectivity index (χ1) is 12.1. The number of nitrogens with two attached hydrogens (primary N) is 2. The van der Waals surface area contributed by atoms with Crippen molar-refractivity contribution in [2.45, 2.75) is 5.60 Å². The van der Waals surface area contributed by atoms with E-state index in [4.69, 9.17) is 20.9 Å². The van der Waals surface area contributed by atoms with Crippen LogP contribution in [0.2, 0.25) is 0 Å². The minimum absolute atomic E-state index is 0.376. The first-order valence-electron chi connectivity index (χ1n) is 7.90. The monoisotopic (exact) mass is 330 g/mol. The zero-order chi connectivity index (χ0) is 17.2. The Morgan fingerprint density at radius 1 is 0.760 bits per heavy atom. The van der Waals surface area contributed by atoms with Gasteiger partial charge in [0.25, 0.3) is 0 Å². The van der Waals surface area contributed by atoms with Crippen LogP contribution >= 0.6 is 0 Å². The lowest BCUT2D eigenvalue weighted by atomic mass is 9.77. The number of fused-ring (bicyclic) bond motifs is 6. The second-order valence-electron chi connectivity index (χ2n) is 6.23. The maximum absolute atomic E-state index is 12.6. The van der Waals surface area contributed by atoms with Gasteiger partial charge in [-0.25, -0.2) is 4.79 Å². The maximum Gasteiger partial charge on any atom is 0.340 e. The van der Waals surface area contributed by atoms with Gasteiger partial charge in [-0.05, 0) is 42.5 Å². The van der Waals surface area contributed by atoms with Gasteiger partial charge in [0.2, 0.25) is 0 Å². The van der Waals surface area contributed by atoms with Crippen molar-refractivity contribution in [2.24, 2.45) is 0 Å². The molecule has 3 aromatic rings. The molecule has 122 valence electrons. The number of nitrogen functional groups attached to an aromatic ring is 2. The average molecular weight is 330 g/mol. The summed E-state index contributed by atoms with van der Waals surface area (Å²) in [6.07, 6.45) is 0. The summed E-state index contributed by atoms with van der Waals surface area (Å²) in [5.41, 5.74) is 14.7. The second-order valence-corrected chi connectivity index (χ2v) is 6.23. The summed E-state index contributed by atoms with van der Waals surface area (Å²) >= 11 is 0. The van der Waals surface area contributed by atoms with E-state index in [1.54, 1.807) is 42.5 Å². The number of carbonyl (C=O) groups is 1. The van der Waals surface area contributed by atoms with E-state index in [2.05, 4.69) is 0 Å². The summed E-state index contributed by atoms with van der Waals surface area (Å²) in [4.78, 5) is 12.6. The standard InChI is InChI=1S/C20H14N2O3/c21-11-5-7-17-15(9-11)20(16-10-12(22)6-8-18(16)24-17)14-4-2-1-3-13(14)19(23)25-20/h1-10H,21-22H2. The average Bonchev–Trinajstić information content (AvgIpc) is 2.91. The lowest BCUT2D eigenvalue weighted by Crippen LogP contribution is -2.33. The van der Waals surface area contributed by atoms with E-state index in [-0.39, 0.29) is 5.97 Å². The van der Waals surface area contributed by atoms with E-state index in [9.17, 15) is 4.79 Å². The van der Waals surface area contributed by atoms with Crippen LogP contribution in [0.25, 0.3) is 0 Å². The Kier molecular flexibility index (Phi) is 2.53. The molecule has 0 bridgehead atoms. The number of carbonyl (C=O) groups excluding carboxylic acids is 1. The van der Waals surface area contributed by atoms with Crippen LogP contribution < -0.4 is 16.2 Å². The Morgan fingerprint density at radius 2 is 1.36 bits per heavy atom. The number of hydrogen-bond donors (Lipinski definition) is 2. The van der Waals surface area contributed by atoms with Crippen molar-refractivity contribution in [1.82, 2.24) is 0 Å². The Hall–Kier alpha value is -3.47. The minimum Gasteiger partial charge on any atom is -0.456 e. The zero-order valence-corrected chi connectivity index (χ0v) is 13.2. The third kappa shape index (κ3) is 1.69. The molecule has 0 saturated heterocycles. The highest BCUT2D eigenvalue weighted by atomic mass is 16.6. The largest absolute Gasteiger partial charge is 0.456 e. The van der Waals surface area contributed by atoms with E-state index in [1.807, 2.05) is 18.2 Å². The van der Waals surface area contributed by atoms with Crippen LogP contribution in [0.15, 0.2) is 60.7 Å². The van der Waals surface area contributed by atoms with Crippen molar-refractivity contribution in [3.05, 3.63) is 82.9 Å². The fourth-order valence-corrected chi connectivity index (χ4v) is 3.70. The smallest absolute Gasteiger partial charge is 0.340 e. The fourth-order valence-electron chi connectivity index (χ4n) is 3.70. The second kappa shape index (κ2) is 4.54. The van der Waals surface area contributed by atoms with Gasteiger partial charge < -0.3 is 20.9 Å². The molecule has 0 unspecified atom stereocenters. The molecule has 4 N–H and O–H groups in total. The normalized spacial score (nSPS) is 15.8. The van der Waals surface area contributed by atoms with Gasteiger partial charge >= 0.3 is 5.97 Å². The Morgan fingerprint density at radius 3 is 2.00 bits per heavy atom. The van der Waals surface area contributed by atoms with Crippen LogP contribution in [0.5, 0.6) is 11.5 Å². The van der Waals surface area contributed by atoms with E-state index < -0.39 is 5.60 Å². The summed E-state index contributed by atoms with van der Waals surface area (Å²) in [7, 11) is 0. The maximum atomic E-state index is 12.6. The number of anilines is 2. The summed E-state index contributed by atoms with van der Waals surface area (Å²) in [5, 5.41) is 0. The molecular formula is C20H14N2O3. The third-order valence-corrected chi connectivity index (χ3v) is 4.76. The molecule has 5 heteroatoms. The van der Waals surface area contributed by atoms with Crippen molar-refractivity contribution in [1.29, 1.82) is 0 Å². The Balaban J connectivity index is 1.93. The fraction of sp³-hybridized carbons (Fsp3) is 0.0500. The highest BCUT2D eigenvalue weighted by molar-refractivity contribution is 5.97. The van der Waals surface area contributed by atoms with E-state index in [0.717, 1.165) is 5.56 Å². The molecule has 2 heterocycles. The lowest BCUT2D eigenvalue weighted by Gasteiger charge is -2.36. The van der Waals surface area contributed by atoms with Crippen molar-refractivity contribution < 1.29 is 14.3 Å². The van der Waals surface area contributed by atoms with Crippen LogP contribution in [0.4, 0.5) is 11.4 Å². The lowest BCUT2D eigenvalue weighted by molar-refractivity contribution is 0.0224. The minimum atomic E-state index is -1.11. The number of esters is 1. The molecule has 5 nitrogen and oxygen atoms in total. The van der Waals surface area contributed by atoms with Crippen molar-refractivity contribution in [3.63, 3.8) is 0 Å². The number of ether oxygens (including phenoxy) is 2. The van der Waals surface area contributed by atoms with Gasteiger partial charge in [0.05, 0.1) is 5.56 Å². The first-order valence-corrected chi connectivity index (χ1v) is 7.90. The number of rotatable bonds is 0. The molecule has 2 aliphatic rings. The van der Waals surface area contributed by atoms with Gasteiger partial charge in [0, 0.05) is 28.1 Å². The predicted molar refractivity (Wildman–Crippen MR) is 93.5 cm³/mol. The van der Waals surface area contributed by atoms with Gasteiger partial charge in [0.1, 0.15) is 11.5 Å². The molecule has 0 radical (unpaired) electrons. The SMILES string of the molecule is Nc1ccc2c(c1)C1(OC(=O)c3ccccc31)c1cc(N)ccc1O2. The molecule has 0 aromatic heterocycles. The molecule has 1 spiro atoms. The first kappa shape index (κ1) is 13.9. The van der Waals surface area contributed by atoms with Crippen molar-refractivity contribution in [3.8, 4) is 11.5 Å². The topological polar surface area (TPSA) is 87.6 Å². The quantitative estimate of drug-likeness (QED) is 0.487. The summed E-state index contributed by atoms with van der Waals surface area (Å²) in [5.74, 6) is 0.839. The molecule has 0 saturated carbocycles. The number of hydrogen-bond acceptors (Lipinski definition) is 5. The molecule has 0 atom stereocenters. The van der Waals surface area contributed by atoms with Gasteiger partial charge in [-0.15, -0.1) is 0 Å². The molecule has 0 fully saturated rings. The van der Waals surface area contributed by atoms with Crippen LogP contribution in [0.1, 0.15) is 27.0 Å². The highest BCUT2D eigenvalue weighted by Gasteiger charge is 2.53.